The van der Waals surface area contributed by atoms with Crippen LogP contribution in [0.25, 0.3) is 0 Å². The molecule has 0 radical (unpaired) electrons. The Kier molecular flexibility index (Phi) is 6.76. The van der Waals surface area contributed by atoms with Crippen LogP contribution in [0.2, 0.25) is 0 Å². The van der Waals surface area contributed by atoms with E-state index in [-0.39, 0.29) is 24.3 Å². The van der Waals surface area contributed by atoms with E-state index < -0.39 is 0 Å². The van der Waals surface area contributed by atoms with Gasteiger partial charge in [-0.3, -0.25) is 9.59 Å². The Morgan fingerprint density at radius 1 is 1.25 bits per heavy atom. The van der Waals surface area contributed by atoms with Crippen molar-refractivity contribution in [2.45, 2.75) is 58.8 Å². The first-order valence-electron chi connectivity index (χ1n) is 8.93. The zero-order valence-electron chi connectivity index (χ0n) is 14.9. The Labute approximate surface area is 144 Å². The average Bonchev–Trinajstić information content (AvgIpc) is 2.59. The molecule has 2 rings (SSSR count). The van der Waals surface area contributed by atoms with E-state index in [2.05, 4.69) is 28.5 Å². The Balaban J connectivity index is 1.79. The topological polar surface area (TPSA) is 70.6 Å². The summed E-state index contributed by atoms with van der Waals surface area (Å²) in [5, 5.41) is 6.97. The summed E-state index contributed by atoms with van der Waals surface area (Å²) < 4.78 is 0. The summed E-state index contributed by atoms with van der Waals surface area (Å²) in [6, 6.07) is 0. The second kappa shape index (κ2) is 8.81. The lowest BCUT2D eigenvalue weighted by molar-refractivity contribution is -0.129. The van der Waals surface area contributed by atoms with E-state index >= 15 is 0 Å². The lowest BCUT2D eigenvalue weighted by Gasteiger charge is -2.22. The number of carbonyl (C=O) groups excluding carboxylic acids is 2. The molecule has 0 bridgehead atoms. The summed E-state index contributed by atoms with van der Waals surface area (Å²) in [5.41, 5.74) is 5.69. The van der Waals surface area contributed by atoms with Gasteiger partial charge < -0.3 is 5.32 Å². The van der Waals surface area contributed by atoms with E-state index in [4.69, 9.17) is 0 Å². The number of amides is 2. The van der Waals surface area contributed by atoms with Crippen LogP contribution in [0.3, 0.4) is 0 Å². The SMILES string of the molecule is C=C(C)C1CC=C(C)C(=NNC(=O)CNC(=O)C2CCCCC2)C1. The first-order valence-corrected chi connectivity index (χ1v) is 8.93. The lowest BCUT2D eigenvalue weighted by Crippen LogP contribution is -2.39. The molecule has 2 N–H and O–H groups in total. The van der Waals surface area contributed by atoms with Gasteiger partial charge >= 0.3 is 0 Å². The van der Waals surface area contributed by atoms with Crippen molar-refractivity contribution in [2.24, 2.45) is 16.9 Å². The smallest absolute Gasteiger partial charge is 0.259 e. The van der Waals surface area contributed by atoms with Crippen molar-refractivity contribution in [3.05, 3.63) is 23.8 Å². The van der Waals surface area contributed by atoms with Crippen LogP contribution < -0.4 is 10.7 Å². The molecule has 0 heterocycles. The van der Waals surface area contributed by atoms with Gasteiger partial charge in [-0.05, 0) is 51.0 Å². The summed E-state index contributed by atoms with van der Waals surface area (Å²) in [4.78, 5) is 24.0. The molecule has 2 aliphatic rings. The van der Waals surface area contributed by atoms with Crippen molar-refractivity contribution in [3.63, 3.8) is 0 Å². The quantitative estimate of drug-likeness (QED) is 0.600. The van der Waals surface area contributed by atoms with Gasteiger partial charge in [-0.15, -0.1) is 0 Å². The van der Waals surface area contributed by atoms with Gasteiger partial charge in [0.15, 0.2) is 0 Å². The third-order valence-electron chi connectivity index (χ3n) is 5.02. The highest BCUT2D eigenvalue weighted by Gasteiger charge is 2.21. The van der Waals surface area contributed by atoms with Gasteiger partial charge in [0.05, 0.1) is 12.3 Å². The molecule has 2 amide bonds. The number of carbonyl (C=O) groups is 2. The van der Waals surface area contributed by atoms with Crippen LogP contribution in [0.4, 0.5) is 0 Å². The fourth-order valence-electron chi connectivity index (χ4n) is 3.27. The normalized spacial score (nSPS) is 23.5. The molecule has 1 saturated carbocycles. The Bertz CT molecular complexity index is 557. The van der Waals surface area contributed by atoms with E-state index in [1.807, 2.05) is 13.8 Å². The van der Waals surface area contributed by atoms with Crippen molar-refractivity contribution in [2.75, 3.05) is 6.54 Å². The molecule has 5 heteroatoms. The molecule has 0 aromatic rings. The van der Waals surface area contributed by atoms with Crippen LogP contribution in [0.1, 0.15) is 58.8 Å². The number of nitrogens with one attached hydrogen (secondary N) is 2. The molecule has 0 saturated heterocycles. The van der Waals surface area contributed by atoms with Crippen molar-refractivity contribution in [1.82, 2.24) is 10.7 Å². The number of allylic oxidation sites excluding steroid dienone is 3. The van der Waals surface area contributed by atoms with Gasteiger partial charge in [-0.25, -0.2) is 5.43 Å². The molecule has 0 aliphatic heterocycles. The summed E-state index contributed by atoms with van der Waals surface area (Å²) in [7, 11) is 0. The molecule has 0 aromatic carbocycles. The highest BCUT2D eigenvalue weighted by molar-refractivity contribution is 6.01. The summed E-state index contributed by atoms with van der Waals surface area (Å²) >= 11 is 0. The predicted molar refractivity (Wildman–Crippen MR) is 96.5 cm³/mol. The molecule has 0 spiro atoms. The average molecular weight is 331 g/mol. The predicted octanol–water partition coefficient (Wildman–Crippen LogP) is 3.09. The van der Waals surface area contributed by atoms with Crippen LogP contribution in [-0.4, -0.2) is 24.1 Å². The third-order valence-corrected chi connectivity index (χ3v) is 5.02. The number of rotatable bonds is 5. The summed E-state index contributed by atoms with van der Waals surface area (Å²) in [6.45, 7) is 8.02. The maximum atomic E-state index is 12.0. The van der Waals surface area contributed by atoms with Crippen molar-refractivity contribution in [1.29, 1.82) is 0 Å². The van der Waals surface area contributed by atoms with Crippen molar-refractivity contribution >= 4 is 17.5 Å². The van der Waals surface area contributed by atoms with Crippen molar-refractivity contribution < 1.29 is 9.59 Å². The number of hydrogen-bond donors (Lipinski definition) is 2. The molecule has 1 fully saturated rings. The molecule has 132 valence electrons. The van der Waals surface area contributed by atoms with Crippen LogP contribution in [0, 0.1) is 11.8 Å². The number of hydrazone groups is 1. The summed E-state index contributed by atoms with van der Waals surface area (Å²) in [6.07, 6.45) is 9.20. The maximum Gasteiger partial charge on any atom is 0.259 e. The molecule has 0 aromatic heterocycles. The molecular weight excluding hydrogens is 302 g/mol. The second-order valence-corrected chi connectivity index (χ2v) is 7.02. The monoisotopic (exact) mass is 331 g/mol. The van der Waals surface area contributed by atoms with E-state index in [1.54, 1.807) is 0 Å². The Hall–Kier alpha value is -1.91. The van der Waals surface area contributed by atoms with Crippen LogP contribution >= 0.6 is 0 Å². The zero-order valence-corrected chi connectivity index (χ0v) is 14.9. The molecule has 1 unspecified atom stereocenters. The Morgan fingerprint density at radius 2 is 1.96 bits per heavy atom. The van der Waals surface area contributed by atoms with Gasteiger partial charge in [-0.1, -0.05) is 37.5 Å². The fraction of sp³-hybridized carbons (Fsp3) is 0.632. The standard InChI is InChI=1S/C19H29N3O2/c1-13(2)16-10-9-14(3)17(11-16)21-22-18(23)12-20-19(24)15-7-5-4-6-8-15/h9,15-16H,1,4-8,10-12H2,2-3H3,(H,20,24)(H,22,23). The van der Waals surface area contributed by atoms with Gasteiger partial charge in [0.1, 0.15) is 0 Å². The van der Waals surface area contributed by atoms with Crippen LogP contribution in [0.15, 0.2) is 28.9 Å². The zero-order chi connectivity index (χ0) is 17.5. The van der Waals surface area contributed by atoms with E-state index in [0.717, 1.165) is 55.4 Å². The van der Waals surface area contributed by atoms with Crippen LogP contribution in [-0.2, 0) is 9.59 Å². The van der Waals surface area contributed by atoms with Crippen molar-refractivity contribution in [3.8, 4) is 0 Å². The second-order valence-electron chi connectivity index (χ2n) is 7.02. The number of nitrogens with zero attached hydrogens (tertiary/aromatic N) is 1. The molecular formula is C19H29N3O2. The molecule has 5 nitrogen and oxygen atoms in total. The van der Waals surface area contributed by atoms with E-state index in [1.165, 1.54) is 6.42 Å². The number of hydrogen-bond acceptors (Lipinski definition) is 3. The lowest BCUT2D eigenvalue weighted by atomic mass is 9.85. The minimum Gasteiger partial charge on any atom is -0.347 e. The van der Waals surface area contributed by atoms with Gasteiger partial charge in [-0.2, -0.15) is 5.10 Å². The Morgan fingerprint density at radius 3 is 2.62 bits per heavy atom. The van der Waals surface area contributed by atoms with Gasteiger partial charge in [0.25, 0.3) is 5.91 Å². The summed E-state index contributed by atoms with van der Waals surface area (Å²) in [5.74, 6) is 0.165. The first-order chi connectivity index (χ1) is 11.5. The maximum absolute atomic E-state index is 12.0. The largest absolute Gasteiger partial charge is 0.347 e. The van der Waals surface area contributed by atoms with Gasteiger partial charge in [0, 0.05) is 5.92 Å². The van der Waals surface area contributed by atoms with E-state index in [9.17, 15) is 9.59 Å². The minimum absolute atomic E-state index is 0.00593. The molecule has 1 atom stereocenters. The third kappa shape index (κ3) is 5.32. The minimum atomic E-state index is -0.281. The van der Waals surface area contributed by atoms with Crippen LogP contribution in [0.5, 0.6) is 0 Å². The highest BCUT2D eigenvalue weighted by atomic mass is 16.2. The first kappa shape index (κ1) is 18.4. The highest BCUT2D eigenvalue weighted by Crippen LogP contribution is 2.26. The van der Waals surface area contributed by atoms with Gasteiger partial charge in [0.2, 0.25) is 5.91 Å². The molecule has 2 aliphatic carbocycles. The molecule has 24 heavy (non-hydrogen) atoms. The van der Waals surface area contributed by atoms with E-state index in [0.29, 0.717) is 5.92 Å². The fourth-order valence-corrected chi connectivity index (χ4v) is 3.27.